The Kier molecular flexibility index (Phi) is 4.59. The highest BCUT2D eigenvalue weighted by Gasteiger charge is 2.13. The van der Waals surface area contributed by atoms with E-state index in [9.17, 15) is 9.90 Å². The van der Waals surface area contributed by atoms with Gasteiger partial charge in [-0.3, -0.25) is 9.48 Å². The van der Waals surface area contributed by atoms with Gasteiger partial charge in [-0.2, -0.15) is 14.9 Å². The number of nitrogens with one attached hydrogen (secondary N) is 1. The maximum absolute atomic E-state index is 12.5. The molecule has 0 atom stereocenters. The normalized spacial score (nSPS) is 10.8. The van der Waals surface area contributed by atoms with Crippen LogP contribution in [-0.2, 0) is 11.3 Å². The van der Waals surface area contributed by atoms with E-state index in [-0.39, 0.29) is 18.2 Å². The van der Waals surface area contributed by atoms with Crippen LogP contribution in [0.3, 0.4) is 0 Å². The second-order valence-electron chi connectivity index (χ2n) is 6.30. The van der Waals surface area contributed by atoms with Gasteiger partial charge in [0.1, 0.15) is 18.1 Å². The Hall–Kier alpha value is -3.94. The van der Waals surface area contributed by atoms with Gasteiger partial charge in [-0.25, -0.2) is 4.98 Å². The standard InChI is InChI=1S/C20H18N6O2/c1-14-9-19(26(24-14)18-7-2-3-8-21-18)23-20(28)13-25-12-16(11-22-25)15-5-4-6-17(27)10-15/h2-12,27H,13H2,1H3,(H,23,28). The molecule has 1 amide bonds. The number of phenols is 1. The van der Waals surface area contributed by atoms with Crippen LogP contribution in [0, 0.1) is 6.92 Å². The van der Waals surface area contributed by atoms with E-state index in [1.807, 2.05) is 31.2 Å². The van der Waals surface area contributed by atoms with Crippen LogP contribution in [-0.4, -0.2) is 35.6 Å². The minimum Gasteiger partial charge on any atom is -0.508 e. The first-order chi connectivity index (χ1) is 13.6. The molecule has 0 saturated carbocycles. The third kappa shape index (κ3) is 3.75. The number of aryl methyl sites for hydroxylation is 1. The topological polar surface area (TPSA) is 97.9 Å². The van der Waals surface area contributed by atoms with E-state index in [2.05, 4.69) is 20.5 Å². The minimum absolute atomic E-state index is 0.0469. The third-order valence-electron chi connectivity index (χ3n) is 4.08. The average molecular weight is 374 g/mol. The second-order valence-corrected chi connectivity index (χ2v) is 6.30. The van der Waals surface area contributed by atoms with Crippen molar-refractivity contribution in [1.29, 1.82) is 0 Å². The molecule has 0 spiro atoms. The summed E-state index contributed by atoms with van der Waals surface area (Å²) in [5.41, 5.74) is 2.42. The lowest BCUT2D eigenvalue weighted by atomic mass is 10.1. The van der Waals surface area contributed by atoms with Crippen LogP contribution in [0.4, 0.5) is 5.82 Å². The zero-order valence-electron chi connectivity index (χ0n) is 15.1. The molecule has 0 bridgehead atoms. The van der Waals surface area contributed by atoms with Crippen LogP contribution in [0.25, 0.3) is 16.9 Å². The number of anilines is 1. The van der Waals surface area contributed by atoms with Gasteiger partial charge in [-0.05, 0) is 36.8 Å². The Labute approximate surface area is 161 Å². The maximum Gasteiger partial charge on any atom is 0.247 e. The summed E-state index contributed by atoms with van der Waals surface area (Å²) in [5.74, 6) is 1.11. The molecule has 140 valence electrons. The number of hydrogen-bond acceptors (Lipinski definition) is 5. The smallest absolute Gasteiger partial charge is 0.247 e. The van der Waals surface area contributed by atoms with Crippen LogP contribution in [0.1, 0.15) is 5.69 Å². The Morgan fingerprint density at radius 3 is 2.82 bits per heavy atom. The zero-order chi connectivity index (χ0) is 19.5. The Balaban J connectivity index is 1.49. The molecule has 8 nitrogen and oxygen atoms in total. The van der Waals surface area contributed by atoms with Gasteiger partial charge in [-0.1, -0.05) is 18.2 Å². The first-order valence-corrected chi connectivity index (χ1v) is 8.68. The van der Waals surface area contributed by atoms with Crippen LogP contribution in [0.5, 0.6) is 5.75 Å². The van der Waals surface area contributed by atoms with Gasteiger partial charge >= 0.3 is 0 Å². The number of pyridine rings is 1. The quantitative estimate of drug-likeness (QED) is 0.560. The van der Waals surface area contributed by atoms with Gasteiger partial charge in [0, 0.05) is 24.0 Å². The zero-order valence-corrected chi connectivity index (χ0v) is 15.1. The highest BCUT2D eigenvalue weighted by atomic mass is 16.3. The molecule has 1 aromatic carbocycles. The number of nitrogens with zero attached hydrogens (tertiary/aromatic N) is 5. The number of aromatic hydroxyl groups is 1. The maximum atomic E-state index is 12.5. The molecule has 2 N–H and O–H groups in total. The molecule has 0 aliphatic carbocycles. The van der Waals surface area contributed by atoms with E-state index in [1.54, 1.807) is 52.2 Å². The van der Waals surface area contributed by atoms with Crippen LogP contribution in [0.2, 0.25) is 0 Å². The summed E-state index contributed by atoms with van der Waals surface area (Å²) in [6.07, 6.45) is 5.09. The number of aromatic nitrogens is 5. The number of carbonyl (C=O) groups excluding carboxylic acids is 1. The Bertz CT molecular complexity index is 1120. The fourth-order valence-corrected chi connectivity index (χ4v) is 2.86. The van der Waals surface area contributed by atoms with Crippen molar-refractivity contribution in [2.24, 2.45) is 0 Å². The minimum atomic E-state index is -0.234. The van der Waals surface area contributed by atoms with Crippen molar-refractivity contribution >= 4 is 11.7 Å². The van der Waals surface area contributed by atoms with Crippen molar-refractivity contribution in [3.05, 3.63) is 72.8 Å². The van der Waals surface area contributed by atoms with E-state index in [1.165, 1.54) is 0 Å². The fraction of sp³-hybridized carbons (Fsp3) is 0.100. The van der Waals surface area contributed by atoms with Gasteiger partial charge < -0.3 is 10.4 Å². The van der Waals surface area contributed by atoms with E-state index in [0.717, 1.165) is 16.8 Å². The van der Waals surface area contributed by atoms with Gasteiger partial charge in [0.25, 0.3) is 0 Å². The summed E-state index contributed by atoms with van der Waals surface area (Å²) in [4.78, 5) is 16.8. The van der Waals surface area contributed by atoms with E-state index < -0.39 is 0 Å². The van der Waals surface area contributed by atoms with Crippen molar-refractivity contribution in [3.8, 4) is 22.7 Å². The summed E-state index contributed by atoms with van der Waals surface area (Å²) < 4.78 is 3.14. The van der Waals surface area contributed by atoms with Crippen LogP contribution < -0.4 is 5.32 Å². The van der Waals surface area contributed by atoms with Crippen molar-refractivity contribution in [1.82, 2.24) is 24.5 Å². The monoisotopic (exact) mass is 374 g/mol. The van der Waals surface area contributed by atoms with Gasteiger partial charge in [0.15, 0.2) is 5.82 Å². The molecule has 8 heteroatoms. The molecule has 4 aromatic rings. The summed E-state index contributed by atoms with van der Waals surface area (Å²) in [5, 5.41) is 21.1. The highest BCUT2D eigenvalue weighted by Crippen LogP contribution is 2.22. The molecule has 0 saturated heterocycles. The number of rotatable bonds is 5. The predicted molar refractivity (Wildman–Crippen MR) is 104 cm³/mol. The molecule has 3 heterocycles. The fourth-order valence-electron chi connectivity index (χ4n) is 2.86. The van der Waals surface area contributed by atoms with Crippen molar-refractivity contribution in [2.75, 3.05) is 5.32 Å². The molecule has 0 radical (unpaired) electrons. The Morgan fingerprint density at radius 1 is 1.14 bits per heavy atom. The van der Waals surface area contributed by atoms with Crippen LogP contribution in [0.15, 0.2) is 67.1 Å². The Morgan fingerprint density at radius 2 is 2.04 bits per heavy atom. The van der Waals surface area contributed by atoms with Gasteiger partial charge in [0.05, 0.1) is 11.9 Å². The molecular formula is C20H18N6O2. The number of phenolic OH excluding ortho intramolecular Hbond substituents is 1. The number of amides is 1. The largest absolute Gasteiger partial charge is 0.508 e. The lowest BCUT2D eigenvalue weighted by molar-refractivity contribution is -0.116. The molecule has 0 unspecified atom stereocenters. The lowest BCUT2D eigenvalue weighted by Gasteiger charge is -2.08. The number of carbonyl (C=O) groups is 1. The molecular weight excluding hydrogens is 356 g/mol. The summed E-state index contributed by atoms with van der Waals surface area (Å²) in [7, 11) is 0. The molecule has 3 aromatic heterocycles. The van der Waals surface area contributed by atoms with E-state index in [0.29, 0.717) is 11.6 Å². The van der Waals surface area contributed by atoms with Crippen LogP contribution >= 0.6 is 0 Å². The summed E-state index contributed by atoms with van der Waals surface area (Å²) in [6.45, 7) is 1.90. The van der Waals surface area contributed by atoms with E-state index in [4.69, 9.17) is 0 Å². The molecule has 28 heavy (non-hydrogen) atoms. The number of hydrogen-bond donors (Lipinski definition) is 2. The first-order valence-electron chi connectivity index (χ1n) is 8.68. The first kappa shape index (κ1) is 17.5. The summed E-state index contributed by atoms with van der Waals surface area (Å²) >= 11 is 0. The van der Waals surface area contributed by atoms with Crippen molar-refractivity contribution < 1.29 is 9.90 Å². The van der Waals surface area contributed by atoms with Gasteiger partial charge in [0.2, 0.25) is 5.91 Å². The van der Waals surface area contributed by atoms with Gasteiger partial charge in [-0.15, -0.1) is 0 Å². The molecule has 0 aliphatic rings. The summed E-state index contributed by atoms with van der Waals surface area (Å²) in [6, 6.07) is 14.2. The molecule has 4 rings (SSSR count). The van der Waals surface area contributed by atoms with Crippen molar-refractivity contribution in [3.63, 3.8) is 0 Å². The van der Waals surface area contributed by atoms with E-state index >= 15 is 0 Å². The predicted octanol–water partition coefficient (Wildman–Crippen LogP) is 2.78. The number of benzene rings is 1. The molecule has 0 fully saturated rings. The highest BCUT2D eigenvalue weighted by molar-refractivity contribution is 5.90. The van der Waals surface area contributed by atoms with Crippen molar-refractivity contribution in [2.45, 2.75) is 13.5 Å². The second kappa shape index (κ2) is 7.36. The third-order valence-corrected chi connectivity index (χ3v) is 4.08. The lowest BCUT2D eigenvalue weighted by Crippen LogP contribution is -2.21. The molecule has 0 aliphatic heterocycles. The average Bonchev–Trinajstić information content (AvgIpc) is 3.29. The SMILES string of the molecule is Cc1cc(NC(=O)Cn2cc(-c3cccc(O)c3)cn2)n(-c2ccccn2)n1.